The number of aromatic hydroxyl groups is 1. The largest absolute Gasteiger partial charge is 0.507 e. The van der Waals surface area contributed by atoms with E-state index in [2.05, 4.69) is 5.32 Å². The lowest BCUT2D eigenvalue weighted by Gasteiger charge is -2.40. The van der Waals surface area contributed by atoms with Gasteiger partial charge in [-0.1, -0.05) is 18.2 Å². The fourth-order valence-electron chi connectivity index (χ4n) is 5.24. The van der Waals surface area contributed by atoms with E-state index in [-0.39, 0.29) is 23.3 Å². The molecular weight excluding hydrogens is 453 g/mol. The summed E-state index contributed by atoms with van der Waals surface area (Å²) in [6.07, 6.45) is 7.58. The lowest BCUT2D eigenvalue weighted by atomic mass is 9.58. The topological polar surface area (TPSA) is 166 Å². The first-order chi connectivity index (χ1) is 16.8. The molecule has 2 atom stereocenters. The highest BCUT2D eigenvalue weighted by Gasteiger charge is 2.39. The summed E-state index contributed by atoms with van der Waals surface area (Å²) in [5.74, 6) is -2.40. The summed E-state index contributed by atoms with van der Waals surface area (Å²) in [6, 6.07) is 3.51. The Morgan fingerprint density at radius 3 is 2.43 bits per heavy atom. The van der Waals surface area contributed by atoms with Crippen LogP contribution in [0.2, 0.25) is 5.82 Å². The van der Waals surface area contributed by atoms with Crippen LogP contribution < -0.4 is 15.8 Å². The Kier molecular flexibility index (Phi) is 8.00. The van der Waals surface area contributed by atoms with E-state index in [1.165, 1.54) is 6.07 Å². The zero-order valence-electron chi connectivity index (χ0n) is 19.7. The number of amides is 1. The monoisotopic (exact) mass is 487 g/mol. The predicted octanol–water partition coefficient (Wildman–Crippen LogP) is 0.674. The Bertz CT molecular complexity index is 959. The number of hydrogen-bond donors (Lipinski definition) is 6. The maximum Gasteiger partial charge on any atom is 0.459 e. The molecule has 0 spiro atoms. The first kappa shape index (κ1) is 25.5. The molecule has 0 radical (unpaired) electrons. The van der Waals surface area contributed by atoms with E-state index in [9.17, 15) is 29.9 Å². The molecule has 1 aromatic carbocycles. The van der Waals surface area contributed by atoms with Crippen LogP contribution in [0.5, 0.6) is 11.5 Å². The molecule has 1 amide bonds. The van der Waals surface area contributed by atoms with Crippen LogP contribution in [0.15, 0.2) is 24.3 Å². The number of benzene rings is 1. The lowest BCUT2D eigenvalue weighted by Crippen LogP contribution is -2.56. The van der Waals surface area contributed by atoms with Crippen molar-refractivity contribution in [3.05, 3.63) is 35.4 Å². The van der Waals surface area contributed by atoms with E-state index in [0.29, 0.717) is 43.6 Å². The molecule has 1 aromatic rings. The number of rotatable bonds is 10. The Morgan fingerprint density at radius 2 is 1.86 bits per heavy atom. The highest BCUT2D eigenvalue weighted by Crippen LogP contribution is 2.46. The summed E-state index contributed by atoms with van der Waals surface area (Å²) in [6.45, 7) is 2.19. The highest BCUT2D eigenvalue weighted by atomic mass is 16.5. The number of likely N-dealkylation sites (tertiary alicyclic amines) is 1. The first-order valence-corrected chi connectivity index (χ1v) is 12.3. The second-order valence-corrected chi connectivity index (χ2v) is 9.79. The van der Waals surface area contributed by atoms with Crippen LogP contribution in [0.1, 0.15) is 53.9 Å². The van der Waals surface area contributed by atoms with Crippen LogP contribution in [-0.4, -0.2) is 82.5 Å². The third kappa shape index (κ3) is 5.64. The molecule has 190 valence electrons. The van der Waals surface area contributed by atoms with Gasteiger partial charge in [0.2, 0.25) is 5.91 Å². The number of ether oxygens (including phenoxy) is 1. The molecule has 0 bridgehead atoms. The average molecular weight is 487 g/mol. The Balaban J connectivity index is 1.29. The zero-order chi connectivity index (χ0) is 25.1. The molecule has 2 aliphatic carbocycles. The summed E-state index contributed by atoms with van der Waals surface area (Å²) in [5.41, 5.74) is 5.48. The van der Waals surface area contributed by atoms with Crippen LogP contribution in [0.25, 0.3) is 0 Å². The average Bonchev–Trinajstić information content (AvgIpc) is 2.75. The standard InChI is InChI=1S/C24H34BN3O7/c26-9-10-27-15-3-1-14(2-4-15)11-21(29)28-12-16(13-28)35-20-8-6-18(23(30)22(20)24(31)32)17-5-7-19(17)25(33)34/h5-8,14-17,19,27,30,33-34H,1-4,9-13,26H2,(H,31,32)/t14-,15+,17-,19-/m1/s1. The number of carboxylic acids is 1. The molecule has 7 N–H and O–H groups in total. The summed E-state index contributed by atoms with van der Waals surface area (Å²) in [7, 11) is -1.60. The van der Waals surface area contributed by atoms with Gasteiger partial charge in [-0.2, -0.15) is 0 Å². The summed E-state index contributed by atoms with van der Waals surface area (Å²) in [4.78, 5) is 26.3. The third-order valence-corrected chi connectivity index (χ3v) is 7.43. The van der Waals surface area contributed by atoms with E-state index in [0.717, 1.165) is 32.2 Å². The first-order valence-electron chi connectivity index (χ1n) is 12.3. The smallest absolute Gasteiger partial charge is 0.459 e. The Morgan fingerprint density at radius 1 is 1.14 bits per heavy atom. The van der Waals surface area contributed by atoms with Gasteiger partial charge in [0.25, 0.3) is 0 Å². The van der Waals surface area contributed by atoms with Crippen molar-refractivity contribution in [2.75, 3.05) is 26.2 Å². The van der Waals surface area contributed by atoms with Crippen LogP contribution in [0, 0.1) is 5.92 Å². The van der Waals surface area contributed by atoms with Crippen LogP contribution in [0.3, 0.4) is 0 Å². The Hall–Kier alpha value is -2.60. The molecular formula is C24H34BN3O7. The molecule has 1 saturated carbocycles. The van der Waals surface area contributed by atoms with Crippen molar-refractivity contribution < 1.29 is 34.6 Å². The van der Waals surface area contributed by atoms with Gasteiger partial charge in [0, 0.05) is 42.9 Å². The van der Waals surface area contributed by atoms with E-state index in [1.54, 1.807) is 23.1 Å². The van der Waals surface area contributed by atoms with Crippen LogP contribution >= 0.6 is 0 Å². The second-order valence-electron chi connectivity index (χ2n) is 9.79. The predicted molar refractivity (Wildman–Crippen MR) is 129 cm³/mol. The highest BCUT2D eigenvalue weighted by molar-refractivity contribution is 6.44. The maximum atomic E-state index is 12.7. The molecule has 2 fully saturated rings. The summed E-state index contributed by atoms with van der Waals surface area (Å²) < 4.78 is 5.84. The van der Waals surface area contributed by atoms with Gasteiger partial charge in [-0.25, -0.2) is 4.79 Å². The van der Waals surface area contributed by atoms with Crippen molar-refractivity contribution in [2.45, 2.75) is 56.0 Å². The minimum absolute atomic E-state index is 0.0311. The van der Waals surface area contributed by atoms with Crippen molar-refractivity contribution in [3.8, 4) is 11.5 Å². The van der Waals surface area contributed by atoms with E-state index in [1.807, 2.05) is 0 Å². The number of carbonyl (C=O) groups excluding carboxylic acids is 1. The van der Waals surface area contributed by atoms with E-state index < -0.39 is 30.6 Å². The molecule has 0 unspecified atom stereocenters. The summed E-state index contributed by atoms with van der Waals surface area (Å²) >= 11 is 0. The molecule has 35 heavy (non-hydrogen) atoms. The van der Waals surface area contributed by atoms with Gasteiger partial charge >= 0.3 is 13.1 Å². The molecule has 10 nitrogen and oxygen atoms in total. The number of hydrogen-bond acceptors (Lipinski definition) is 8. The fourth-order valence-corrected chi connectivity index (χ4v) is 5.24. The van der Waals surface area contributed by atoms with Crippen molar-refractivity contribution in [1.82, 2.24) is 10.2 Å². The third-order valence-electron chi connectivity index (χ3n) is 7.43. The van der Waals surface area contributed by atoms with Crippen molar-refractivity contribution in [1.29, 1.82) is 0 Å². The molecule has 1 saturated heterocycles. The van der Waals surface area contributed by atoms with Gasteiger partial charge in [0.15, 0.2) is 0 Å². The van der Waals surface area contributed by atoms with Crippen molar-refractivity contribution in [2.24, 2.45) is 11.7 Å². The van der Waals surface area contributed by atoms with Gasteiger partial charge in [-0.05, 0) is 37.7 Å². The second kappa shape index (κ2) is 11.0. The van der Waals surface area contributed by atoms with E-state index in [4.69, 9.17) is 10.5 Å². The molecule has 1 aliphatic heterocycles. The number of phenols is 1. The minimum atomic E-state index is -1.60. The van der Waals surface area contributed by atoms with Crippen LogP contribution in [0.4, 0.5) is 0 Å². The SMILES string of the molecule is NCCN[C@H]1CC[C@@H](CC(=O)N2CC(Oc3ccc([C@H]4C=C[C@H]4B(O)O)c(O)c3C(=O)O)C2)CC1. The van der Waals surface area contributed by atoms with Gasteiger partial charge in [0.05, 0.1) is 13.1 Å². The molecule has 0 aromatic heterocycles. The number of nitrogens with one attached hydrogen (secondary N) is 1. The lowest BCUT2D eigenvalue weighted by molar-refractivity contribution is -0.141. The number of carbonyl (C=O) groups is 2. The molecule has 11 heteroatoms. The number of nitrogens with two attached hydrogens (primary N) is 1. The number of allylic oxidation sites excluding steroid dienone is 2. The molecule has 3 aliphatic rings. The van der Waals surface area contributed by atoms with Gasteiger partial charge in [-0.3, -0.25) is 4.79 Å². The number of nitrogens with zero attached hydrogens (tertiary/aromatic N) is 1. The van der Waals surface area contributed by atoms with Gasteiger partial charge in [0.1, 0.15) is 23.2 Å². The molecule has 4 rings (SSSR count). The number of aromatic carboxylic acids is 1. The van der Waals surface area contributed by atoms with Crippen LogP contribution in [-0.2, 0) is 4.79 Å². The zero-order valence-corrected chi connectivity index (χ0v) is 19.7. The quantitative estimate of drug-likeness (QED) is 0.206. The summed E-state index contributed by atoms with van der Waals surface area (Å²) in [5, 5.41) is 42.6. The van der Waals surface area contributed by atoms with E-state index >= 15 is 0 Å². The van der Waals surface area contributed by atoms with Crippen molar-refractivity contribution in [3.63, 3.8) is 0 Å². The van der Waals surface area contributed by atoms with Gasteiger partial charge < -0.3 is 40.9 Å². The Labute approximate surface area is 204 Å². The maximum absolute atomic E-state index is 12.7. The van der Waals surface area contributed by atoms with Gasteiger partial charge in [-0.15, -0.1) is 0 Å². The minimum Gasteiger partial charge on any atom is -0.507 e. The number of carboxylic acid groups (broad SMARTS) is 1. The fraction of sp³-hybridized carbons (Fsp3) is 0.583. The van der Waals surface area contributed by atoms with Crippen molar-refractivity contribution >= 4 is 19.0 Å². The molecule has 1 heterocycles. The normalized spacial score (nSPS) is 26.1.